The predicted octanol–water partition coefficient (Wildman–Crippen LogP) is 5.51. The highest BCUT2D eigenvalue weighted by Crippen LogP contribution is 2.41. The summed E-state index contributed by atoms with van der Waals surface area (Å²) in [4.78, 5) is 5.06. The molecule has 0 saturated heterocycles. The van der Waals surface area contributed by atoms with Crippen LogP contribution < -0.4 is 24.3 Å². The van der Waals surface area contributed by atoms with Crippen molar-refractivity contribution in [3.63, 3.8) is 0 Å². The standard InChI is InChI=1S/C26H25BrN2O5/c1-3-32-23-6-4-5-17(25(23)30)20-13-19(15-7-9-22-24(11-15)34-14-33-22)28-26(29-20)18-12-16(27)8-10-21(18)31-2/h4-12,20,26,29-30H,3,13-14H2,1-2H3. The Morgan fingerprint density at radius 3 is 2.74 bits per heavy atom. The number of nitrogens with zero attached hydrogens (tertiary/aromatic N) is 1. The first-order valence-electron chi connectivity index (χ1n) is 11.1. The van der Waals surface area contributed by atoms with Gasteiger partial charge in [0.1, 0.15) is 11.9 Å². The molecule has 0 spiro atoms. The van der Waals surface area contributed by atoms with Crippen molar-refractivity contribution in [3.8, 4) is 28.7 Å². The van der Waals surface area contributed by atoms with Gasteiger partial charge in [-0.1, -0.05) is 28.1 Å². The molecule has 0 saturated carbocycles. The summed E-state index contributed by atoms with van der Waals surface area (Å²) in [6, 6.07) is 17.0. The van der Waals surface area contributed by atoms with E-state index in [1.807, 2.05) is 55.5 Å². The molecule has 0 aromatic heterocycles. The fourth-order valence-corrected chi connectivity index (χ4v) is 4.71. The van der Waals surface area contributed by atoms with Crippen LogP contribution >= 0.6 is 15.9 Å². The van der Waals surface area contributed by atoms with Crippen LogP contribution in [0.1, 0.15) is 42.2 Å². The van der Waals surface area contributed by atoms with E-state index in [-0.39, 0.29) is 18.6 Å². The highest BCUT2D eigenvalue weighted by molar-refractivity contribution is 9.10. The highest BCUT2D eigenvalue weighted by atomic mass is 79.9. The second-order valence-electron chi connectivity index (χ2n) is 7.98. The molecule has 3 aromatic carbocycles. The van der Waals surface area contributed by atoms with E-state index in [0.717, 1.165) is 38.4 Å². The summed E-state index contributed by atoms with van der Waals surface area (Å²) in [6.45, 7) is 2.58. The molecule has 5 rings (SSSR count). The van der Waals surface area contributed by atoms with Gasteiger partial charge in [-0.05, 0) is 55.0 Å². The van der Waals surface area contributed by atoms with Crippen molar-refractivity contribution in [1.29, 1.82) is 0 Å². The fraction of sp³-hybridized carbons (Fsp3) is 0.269. The molecule has 0 bridgehead atoms. The molecule has 2 atom stereocenters. The van der Waals surface area contributed by atoms with Crippen LogP contribution in [-0.4, -0.2) is 31.3 Å². The van der Waals surface area contributed by atoms with Crippen molar-refractivity contribution < 1.29 is 24.1 Å². The molecule has 2 aliphatic heterocycles. The van der Waals surface area contributed by atoms with Crippen molar-refractivity contribution >= 4 is 21.6 Å². The number of phenolic OH excluding ortho intramolecular Hbond substituents is 1. The minimum atomic E-state index is -0.401. The Morgan fingerprint density at radius 1 is 1.06 bits per heavy atom. The third-order valence-corrected chi connectivity index (χ3v) is 6.43. The number of phenols is 1. The molecule has 2 N–H and O–H groups in total. The van der Waals surface area contributed by atoms with E-state index in [2.05, 4.69) is 21.2 Å². The van der Waals surface area contributed by atoms with Crippen LogP contribution in [0.15, 0.2) is 64.1 Å². The molecule has 34 heavy (non-hydrogen) atoms. The van der Waals surface area contributed by atoms with E-state index in [1.165, 1.54) is 0 Å². The first kappa shape index (κ1) is 22.6. The molecule has 2 heterocycles. The molecule has 0 radical (unpaired) electrons. The number of hydrogen-bond acceptors (Lipinski definition) is 7. The minimum absolute atomic E-state index is 0.133. The Morgan fingerprint density at radius 2 is 1.91 bits per heavy atom. The van der Waals surface area contributed by atoms with E-state index in [4.69, 9.17) is 23.9 Å². The second kappa shape index (κ2) is 9.56. The summed E-state index contributed by atoms with van der Waals surface area (Å²) in [7, 11) is 1.65. The minimum Gasteiger partial charge on any atom is -0.504 e. The number of aliphatic imine (C=N–C) groups is 1. The Bertz CT molecular complexity index is 1250. The van der Waals surface area contributed by atoms with Gasteiger partial charge in [0.05, 0.1) is 13.7 Å². The highest BCUT2D eigenvalue weighted by Gasteiger charge is 2.30. The first-order chi connectivity index (χ1) is 16.6. The summed E-state index contributed by atoms with van der Waals surface area (Å²) in [5, 5.41) is 14.6. The summed E-state index contributed by atoms with van der Waals surface area (Å²) < 4.78 is 23.3. The van der Waals surface area contributed by atoms with Gasteiger partial charge in [-0.3, -0.25) is 10.3 Å². The number of para-hydroxylation sites is 1. The van der Waals surface area contributed by atoms with Gasteiger partial charge in [0.25, 0.3) is 0 Å². The summed E-state index contributed by atoms with van der Waals surface area (Å²) >= 11 is 3.57. The van der Waals surface area contributed by atoms with Crippen LogP contribution in [0.3, 0.4) is 0 Å². The third-order valence-electron chi connectivity index (χ3n) is 5.94. The number of ether oxygens (including phenoxy) is 4. The number of rotatable bonds is 6. The number of fused-ring (bicyclic) bond motifs is 1. The molecule has 176 valence electrons. The Labute approximate surface area is 206 Å². The number of methoxy groups -OCH3 is 1. The SMILES string of the molecule is CCOc1cccc(C2CC(c3ccc4c(c3)OCO4)=NC(c3cc(Br)ccc3OC)N2)c1O. The van der Waals surface area contributed by atoms with Crippen LogP contribution in [0.25, 0.3) is 0 Å². The molecule has 7 nitrogen and oxygen atoms in total. The molecule has 8 heteroatoms. The van der Waals surface area contributed by atoms with Crippen molar-refractivity contribution in [2.45, 2.75) is 25.6 Å². The maximum absolute atomic E-state index is 11.0. The zero-order chi connectivity index (χ0) is 23.7. The van der Waals surface area contributed by atoms with Gasteiger partial charge < -0.3 is 24.1 Å². The zero-order valence-electron chi connectivity index (χ0n) is 18.9. The van der Waals surface area contributed by atoms with Crippen LogP contribution in [0.2, 0.25) is 0 Å². The molecule has 0 aliphatic carbocycles. The second-order valence-corrected chi connectivity index (χ2v) is 8.90. The van der Waals surface area contributed by atoms with E-state index in [9.17, 15) is 5.11 Å². The van der Waals surface area contributed by atoms with Gasteiger partial charge in [-0.2, -0.15) is 0 Å². The maximum Gasteiger partial charge on any atom is 0.231 e. The lowest BCUT2D eigenvalue weighted by Gasteiger charge is -2.32. The van der Waals surface area contributed by atoms with E-state index in [0.29, 0.717) is 24.5 Å². The van der Waals surface area contributed by atoms with Crippen LogP contribution in [0.5, 0.6) is 28.7 Å². The van der Waals surface area contributed by atoms with Gasteiger partial charge in [-0.15, -0.1) is 0 Å². The van der Waals surface area contributed by atoms with Gasteiger partial charge >= 0.3 is 0 Å². The number of nitrogens with one attached hydrogen (secondary N) is 1. The van der Waals surface area contributed by atoms with Crippen molar-refractivity contribution in [2.24, 2.45) is 4.99 Å². The summed E-state index contributed by atoms with van der Waals surface area (Å²) in [6.07, 6.45) is 0.164. The van der Waals surface area contributed by atoms with Crippen LogP contribution in [-0.2, 0) is 0 Å². The van der Waals surface area contributed by atoms with Crippen molar-refractivity contribution in [3.05, 3.63) is 75.8 Å². The lowest BCUT2D eigenvalue weighted by Crippen LogP contribution is -2.33. The van der Waals surface area contributed by atoms with Crippen LogP contribution in [0, 0.1) is 0 Å². The Hall–Kier alpha value is -3.23. The number of aromatic hydroxyl groups is 1. The zero-order valence-corrected chi connectivity index (χ0v) is 20.5. The maximum atomic E-state index is 11.0. The third kappa shape index (κ3) is 4.31. The summed E-state index contributed by atoms with van der Waals surface area (Å²) in [5.74, 6) is 2.75. The van der Waals surface area contributed by atoms with Gasteiger partial charge in [-0.25, -0.2) is 0 Å². The number of benzene rings is 3. The largest absolute Gasteiger partial charge is 0.504 e. The lowest BCUT2D eigenvalue weighted by molar-refractivity contribution is 0.174. The van der Waals surface area contributed by atoms with Gasteiger partial charge in [0, 0.05) is 33.8 Å². The molecular weight excluding hydrogens is 500 g/mol. The average molecular weight is 525 g/mol. The van der Waals surface area contributed by atoms with Gasteiger partial charge in [0.15, 0.2) is 23.0 Å². The quantitative estimate of drug-likeness (QED) is 0.442. The molecule has 2 unspecified atom stereocenters. The topological polar surface area (TPSA) is 81.5 Å². The average Bonchev–Trinajstić information content (AvgIpc) is 3.33. The normalized spacial score (nSPS) is 19.0. The van der Waals surface area contributed by atoms with E-state index < -0.39 is 6.17 Å². The lowest BCUT2D eigenvalue weighted by atomic mass is 9.93. The van der Waals surface area contributed by atoms with E-state index >= 15 is 0 Å². The van der Waals surface area contributed by atoms with Crippen molar-refractivity contribution in [1.82, 2.24) is 5.32 Å². The fourth-order valence-electron chi connectivity index (χ4n) is 4.33. The molecule has 2 aliphatic rings. The first-order valence-corrected chi connectivity index (χ1v) is 11.9. The van der Waals surface area contributed by atoms with Gasteiger partial charge in [0.2, 0.25) is 6.79 Å². The molecule has 0 fully saturated rings. The molecular formula is C26H25BrN2O5. The summed E-state index contributed by atoms with van der Waals surface area (Å²) in [5.41, 5.74) is 3.46. The van der Waals surface area contributed by atoms with Crippen molar-refractivity contribution in [2.75, 3.05) is 20.5 Å². The Kier molecular flexibility index (Phi) is 6.34. The van der Waals surface area contributed by atoms with E-state index in [1.54, 1.807) is 13.2 Å². The number of halogens is 1. The molecule has 0 amide bonds. The smallest absolute Gasteiger partial charge is 0.231 e. The molecule has 3 aromatic rings. The number of hydrogen-bond donors (Lipinski definition) is 2. The monoisotopic (exact) mass is 524 g/mol. The van der Waals surface area contributed by atoms with Crippen LogP contribution in [0.4, 0.5) is 0 Å². The Balaban J connectivity index is 1.59. The predicted molar refractivity (Wildman–Crippen MR) is 132 cm³/mol.